The van der Waals surface area contributed by atoms with Crippen molar-refractivity contribution in [1.29, 1.82) is 10.5 Å². The van der Waals surface area contributed by atoms with Crippen molar-refractivity contribution in [3.63, 3.8) is 0 Å². The lowest BCUT2D eigenvalue weighted by Crippen LogP contribution is -1.98. The Morgan fingerprint density at radius 3 is 2.24 bits per heavy atom. The Bertz CT molecular complexity index is 1570. The van der Waals surface area contributed by atoms with E-state index in [2.05, 4.69) is 14.7 Å². The fourth-order valence-electron chi connectivity index (χ4n) is 3.31. The van der Waals surface area contributed by atoms with Crippen LogP contribution in [0.4, 0.5) is 0 Å². The third kappa shape index (κ3) is 4.29. The van der Waals surface area contributed by atoms with Crippen LogP contribution in [-0.4, -0.2) is 9.55 Å². The maximum Gasteiger partial charge on any atom is 0.265 e. The topological polar surface area (TPSA) is 100 Å². The molecule has 0 saturated carbocycles. The van der Waals surface area contributed by atoms with Crippen molar-refractivity contribution >= 4 is 23.5 Å². The van der Waals surface area contributed by atoms with Gasteiger partial charge in [0.2, 0.25) is 0 Å². The summed E-state index contributed by atoms with van der Waals surface area (Å²) >= 11 is 1.33. The van der Waals surface area contributed by atoms with E-state index >= 15 is 0 Å². The number of allylic oxidation sites excluding steroid dienone is 2. The highest BCUT2D eigenvalue weighted by atomic mass is 32.1. The number of hydrogen-bond donors (Lipinski definition) is 0. The Hall–Kier alpha value is -5.09. The average molecular weight is 462 g/mol. The van der Waals surface area contributed by atoms with Gasteiger partial charge in [-0.1, -0.05) is 0 Å². The van der Waals surface area contributed by atoms with Gasteiger partial charge in [-0.15, -0.1) is 11.3 Å². The van der Waals surface area contributed by atoms with E-state index in [0.717, 1.165) is 11.4 Å². The zero-order valence-corrected chi connectivity index (χ0v) is 18.6. The first kappa shape index (κ1) is 22.1. The van der Waals surface area contributed by atoms with Gasteiger partial charge in [0, 0.05) is 17.6 Å². The smallest absolute Gasteiger partial charge is 0.265 e. The van der Waals surface area contributed by atoms with Crippen molar-refractivity contribution in [1.82, 2.24) is 9.55 Å². The van der Waals surface area contributed by atoms with E-state index in [4.69, 9.17) is 32.5 Å². The molecule has 0 saturated heterocycles. The molecule has 4 aromatic heterocycles. The summed E-state index contributed by atoms with van der Waals surface area (Å²) in [5.74, 6) is 2.28. The van der Waals surface area contributed by atoms with E-state index in [1.165, 1.54) is 23.5 Å². The average Bonchev–Trinajstić information content (AvgIpc) is 3.66. The van der Waals surface area contributed by atoms with Crippen molar-refractivity contribution < 1.29 is 8.83 Å². The fourth-order valence-corrected chi connectivity index (χ4v) is 4.13. The Morgan fingerprint density at radius 1 is 0.971 bits per heavy atom. The van der Waals surface area contributed by atoms with Crippen LogP contribution in [0.3, 0.4) is 0 Å². The molecule has 0 amide bonds. The number of hydrogen-bond acceptors (Lipinski definition) is 6. The van der Waals surface area contributed by atoms with Crippen molar-refractivity contribution in [3.05, 3.63) is 87.5 Å². The van der Waals surface area contributed by atoms with E-state index in [1.807, 2.05) is 47.9 Å². The van der Waals surface area contributed by atoms with Gasteiger partial charge in [0.15, 0.2) is 22.3 Å². The lowest BCUT2D eigenvalue weighted by atomic mass is 10.3. The molecular formula is C25H14N6O2S. The fraction of sp³-hybridized carbons (Fsp3) is 0.0800. The van der Waals surface area contributed by atoms with Crippen LogP contribution < -0.4 is 0 Å². The monoisotopic (exact) mass is 462 g/mol. The summed E-state index contributed by atoms with van der Waals surface area (Å²) in [7, 11) is 0. The van der Waals surface area contributed by atoms with Gasteiger partial charge in [-0.3, -0.25) is 0 Å². The molecule has 34 heavy (non-hydrogen) atoms. The molecule has 0 aromatic carbocycles. The van der Waals surface area contributed by atoms with Crippen molar-refractivity contribution in [2.24, 2.45) is 0 Å². The maximum absolute atomic E-state index is 8.95. The van der Waals surface area contributed by atoms with Gasteiger partial charge in [-0.2, -0.15) is 0 Å². The molecule has 0 unspecified atom stereocenters. The highest BCUT2D eigenvalue weighted by Gasteiger charge is 2.17. The zero-order valence-electron chi connectivity index (χ0n) is 17.8. The molecule has 0 aliphatic heterocycles. The van der Waals surface area contributed by atoms with Crippen LogP contribution in [0.1, 0.15) is 17.6 Å². The van der Waals surface area contributed by atoms with Crippen LogP contribution >= 0.6 is 11.3 Å². The molecule has 0 aliphatic carbocycles. The Balaban J connectivity index is 1.64. The van der Waals surface area contributed by atoms with Crippen molar-refractivity contribution in [2.75, 3.05) is 0 Å². The van der Waals surface area contributed by atoms with E-state index < -0.39 is 0 Å². The first-order chi connectivity index (χ1) is 16.6. The second kappa shape index (κ2) is 9.59. The number of nitriles is 2. The normalized spacial score (nSPS) is 11.4. The molecule has 0 radical (unpaired) electrons. The molecule has 4 rings (SSSR count). The first-order valence-electron chi connectivity index (χ1n) is 9.94. The zero-order chi connectivity index (χ0) is 24.1. The van der Waals surface area contributed by atoms with E-state index in [-0.39, 0.29) is 11.4 Å². The minimum absolute atomic E-state index is 0.00172. The second-order valence-corrected chi connectivity index (χ2v) is 7.85. The third-order valence-corrected chi connectivity index (χ3v) is 5.76. The number of aromatic nitrogens is 2. The largest absolute Gasteiger partial charge is 0.456 e. The molecule has 0 fully saturated rings. The molecule has 9 heteroatoms. The minimum atomic E-state index is -0.0469. The standard InChI is InChI=1S/C25H14N6O2S/c1-4-31-20(22-8-5-18(32-22)11-16(13-26)28-2)6-7-21(31)23-9-10-24(33-23)25-30-15-19(34-25)12-17(14-27)29-3/h5-12,15H,4H2,1H3/b16-11+,17-12-. The summed E-state index contributed by atoms with van der Waals surface area (Å²) in [5, 5.41) is 18.5. The van der Waals surface area contributed by atoms with Gasteiger partial charge in [-0.25, -0.2) is 25.2 Å². The molecule has 8 nitrogen and oxygen atoms in total. The number of furan rings is 2. The Labute approximate surface area is 199 Å². The molecule has 0 N–H and O–H groups in total. The highest BCUT2D eigenvalue weighted by Crippen LogP contribution is 2.35. The van der Waals surface area contributed by atoms with Crippen LogP contribution in [0, 0.1) is 35.8 Å². The summed E-state index contributed by atoms with van der Waals surface area (Å²) in [4.78, 5) is 11.4. The Kier molecular flexibility index (Phi) is 6.24. The first-order valence-corrected chi connectivity index (χ1v) is 10.8. The van der Waals surface area contributed by atoms with Crippen LogP contribution in [-0.2, 0) is 6.54 Å². The molecule has 0 spiro atoms. The van der Waals surface area contributed by atoms with Gasteiger partial charge in [0.05, 0.1) is 36.7 Å². The van der Waals surface area contributed by atoms with E-state index in [1.54, 1.807) is 18.3 Å². The summed E-state index contributed by atoms with van der Waals surface area (Å²) in [5.41, 5.74) is 1.64. The van der Waals surface area contributed by atoms with Gasteiger partial charge in [0.25, 0.3) is 11.4 Å². The van der Waals surface area contributed by atoms with E-state index in [0.29, 0.717) is 39.5 Å². The molecular weight excluding hydrogens is 448 g/mol. The van der Waals surface area contributed by atoms with Gasteiger partial charge in [0.1, 0.15) is 5.76 Å². The predicted molar refractivity (Wildman–Crippen MR) is 127 cm³/mol. The predicted octanol–water partition coefficient (Wildman–Crippen LogP) is 6.72. The molecule has 0 bridgehead atoms. The van der Waals surface area contributed by atoms with Gasteiger partial charge >= 0.3 is 0 Å². The molecule has 4 heterocycles. The number of rotatable bonds is 6. The number of thiazole rings is 1. The molecule has 0 atom stereocenters. The Morgan fingerprint density at radius 2 is 1.59 bits per heavy atom. The summed E-state index contributed by atoms with van der Waals surface area (Å²) < 4.78 is 14.0. The SMILES string of the molecule is [C-]#[N+]/C(C#N)=C\c1cnc(-c2ccc(-c3ccc(-c4ccc(/C=C(\C#N)[N+]#[C-])o4)n3CC)o2)s1. The van der Waals surface area contributed by atoms with Crippen LogP contribution in [0.25, 0.3) is 55.5 Å². The molecule has 4 aromatic rings. The maximum atomic E-state index is 8.95. The highest BCUT2D eigenvalue weighted by molar-refractivity contribution is 7.15. The number of nitrogens with zero attached hydrogens (tertiary/aromatic N) is 6. The quantitative estimate of drug-likeness (QED) is 0.234. The van der Waals surface area contributed by atoms with Crippen LogP contribution in [0.5, 0.6) is 0 Å². The molecule has 162 valence electrons. The van der Waals surface area contributed by atoms with E-state index in [9.17, 15) is 0 Å². The summed E-state index contributed by atoms with van der Waals surface area (Å²) in [6.07, 6.45) is 4.51. The summed E-state index contributed by atoms with van der Waals surface area (Å²) in [6, 6.07) is 14.7. The molecule has 0 aliphatic rings. The van der Waals surface area contributed by atoms with Crippen molar-refractivity contribution in [2.45, 2.75) is 13.5 Å². The lowest BCUT2D eigenvalue weighted by Gasteiger charge is -2.08. The second-order valence-electron chi connectivity index (χ2n) is 6.79. The van der Waals surface area contributed by atoms with Crippen LogP contribution in [0.15, 0.2) is 62.8 Å². The van der Waals surface area contributed by atoms with Gasteiger partial charge < -0.3 is 13.4 Å². The van der Waals surface area contributed by atoms with Crippen LogP contribution in [0.2, 0.25) is 0 Å². The van der Waals surface area contributed by atoms with Gasteiger partial charge in [-0.05, 0) is 55.5 Å². The summed E-state index contributed by atoms with van der Waals surface area (Å²) in [6.45, 7) is 16.7. The van der Waals surface area contributed by atoms with Crippen molar-refractivity contribution in [3.8, 4) is 45.8 Å². The third-order valence-electron chi connectivity index (χ3n) is 4.80. The minimum Gasteiger partial charge on any atom is -0.456 e. The lowest BCUT2D eigenvalue weighted by molar-refractivity contribution is 0.561.